The lowest BCUT2D eigenvalue weighted by molar-refractivity contribution is 0.415. The molecule has 2 rings (SSSR count). The van der Waals surface area contributed by atoms with Crippen molar-refractivity contribution >= 4 is 11.6 Å². The Balaban J connectivity index is 2.24. The number of hydrogen-bond donors (Lipinski definition) is 1. The maximum atomic E-state index is 6.10. The van der Waals surface area contributed by atoms with Crippen LogP contribution in [0.1, 0.15) is 12.5 Å². The minimum absolute atomic E-state index is 0.462. The number of nitrogens with two attached hydrogens (primary N) is 1. The molecule has 0 amide bonds. The van der Waals surface area contributed by atoms with Crippen molar-refractivity contribution < 1.29 is 4.74 Å². The summed E-state index contributed by atoms with van der Waals surface area (Å²) in [6.45, 7) is 3.28. The van der Waals surface area contributed by atoms with E-state index in [4.69, 9.17) is 22.1 Å². The van der Waals surface area contributed by atoms with Gasteiger partial charge in [0.2, 0.25) is 0 Å². The molecule has 17 heavy (non-hydrogen) atoms. The third-order valence-electron chi connectivity index (χ3n) is 2.45. The molecule has 0 saturated heterocycles. The molecule has 0 aliphatic carbocycles. The van der Waals surface area contributed by atoms with Gasteiger partial charge in [-0.2, -0.15) is 0 Å². The zero-order chi connectivity index (χ0) is 12.3. The summed E-state index contributed by atoms with van der Waals surface area (Å²) in [6.07, 6.45) is 3.55. The Kier molecular flexibility index (Phi) is 3.66. The van der Waals surface area contributed by atoms with Crippen LogP contribution < -0.4 is 10.5 Å². The highest BCUT2D eigenvalue weighted by atomic mass is 35.5. The summed E-state index contributed by atoms with van der Waals surface area (Å²) >= 11 is 6.10. The summed E-state index contributed by atoms with van der Waals surface area (Å²) in [4.78, 5) is 4.12. The summed E-state index contributed by atoms with van der Waals surface area (Å²) in [5.74, 6) is 0.588. The molecule has 0 aliphatic rings. The van der Waals surface area contributed by atoms with Gasteiger partial charge in [0.05, 0.1) is 5.02 Å². The van der Waals surface area contributed by atoms with Gasteiger partial charge in [0, 0.05) is 25.5 Å². The molecule has 90 valence electrons. The summed E-state index contributed by atoms with van der Waals surface area (Å²) in [5.41, 5.74) is 6.51. The Morgan fingerprint density at radius 3 is 2.94 bits per heavy atom. The zero-order valence-electron chi connectivity index (χ0n) is 9.56. The highest BCUT2D eigenvalue weighted by Crippen LogP contribution is 2.29. The topological polar surface area (TPSA) is 53.1 Å². The van der Waals surface area contributed by atoms with Crippen LogP contribution >= 0.6 is 11.6 Å². The molecule has 2 N–H and O–H groups in total. The first-order valence-corrected chi connectivity index (χ1v) is 5.80. The third kappa shape index (κ3) is 2.60. The zero-order valence-corrected chi connectivity index (χ0v) is 10.3. The number of aromatic nitrogens is 2. The van der Waals surface area contributed by atoms with Crippen molar-refractivity contribution in [1.29, 1.82) is 0 Å². The quantitative estimate of drug-likeness (QED) is 0.909. The molecule has 1 aromatic heterocycles. The fourth-order valence-electron chi connectivity index (χ4n) is 1.49. The molecule has 0 unspecified atom stereocenters. The van der Waals surface area contributed by atoms with Crippen LogP contribution in [-0.4, -0.2) is 9.55 Å². The predicted octanol–water partition coefficient (Wildman–Crippen LogP) is 2.81. The van der Waals surface area contributed by atoms with Gasteiger partial charge in [-0.1, -0.05) is 17.7 Å². The van der Waals surface area contributed by atoms with Gasteiger partial charge in [-0.15, -0.1) is 0 Å². The first-order chi connectivity index (χ1) is 8.24. The molecule has 2 aromatic rings. The Labute approximate surface area is 105 Å². The van der Waals surface area contributed by atoms with Crippen molar-refractivity contribution in [3.63, 3.8) is 0 Å². The Morgan fingerprint density at radius 1 is 1.47 bits per heavy atom. The van der Waals surface area contributed by atoms with E-state index in [-0.39, 0.29) is 0 Å². The van der Waals surface area contributed by atoms with E-state index in [2.05, 4.69) is 4.98 Å². The lowest BCUT2D eigenvalue weighted by Gasteiger charge is -2.09. The number of aryl methyl sites for hydroxylation is 1. The monoisotopic (exact) mass is 251 g/mol. The fourth-order valence-corrected chi connectivity index (χ4v) is 1.74. The Morgan fingerprint density at radius 2 is 2.29 bits per heavy atom. The van der Waals surface area contributed by atoms with Crippen LogP contribution in [0.4, 0.5) is 0 Å². The van der Waals surface area contributed by atoms with Gasteiger partial charge in [-0.05, 0) is 24.6 Å². The molecule has 0 fully saturated rings. The SMILES string of the molecule is CCn1ccnc1Oc1ccc(CN)cc1Cl. The maximum Gasteiger partial charge on any atom is 0.301 e. The first kappa shape index (κ1) is 12.0. The van der Waals surface area contributed by atoms with E-state index in [1.165, 1.54) is 0 Å². The van der Waals surface area contributed by atoms with Crippen molar-refractivity contribution in [3.8, 4) is 11.8 Å². The fraction of sp³-hybridized carbons (Fsp3) is 0.250. The molecule has 1 heterocycles. The number of halogens is 1. The van der Waals surface area contributed by atoms with E-state index in [9.17, 15) is 0 Å². The van der Waals surface area contributed by atoms with E-state index >= 15 is 0 Å². The molecule has 0 aliphatic heterocycles. The van der Waals surface area contributed by atoms with Crippen molar-refractivity contribution in [1.82, 2.24) is 9.55 Å². The summed E-state index contributed by atoms with van der Waals surface area (Å²) in [5, 5.41) is 0.540. The highest BCUT2D eigenvalue weighted by Gasteiger charge is 2.07. The minimum atomic E-state index is 0.462. The van der Waals surface area contributed by atoms with Crippen LogP contribution in [0, 0.1) is 0 Å². The second-order valence-corrected chi connectivity index (χ2v) is 3.97. The smallest absolute Gasteiger partial charge is 0.301 e. The van der Waals surface area contributed by atoms with Gasteiger partial charge < -0.3 is 15.0 Å². The average Bonchev–Trinajstić information content (AvgIpc) is 2.79. The molecule has 5 heteroatoms. The summed E-state index contributed by atoms with van der Waals surface area (Å²) in [7, 11) is 0. The van der Waals surface area contributed by atoms with Crippen LogP contribution in [0.2, 0.25) is 5.02 Å². The van der Waals surface area contributed by atoms with Gasteiger partial charge in [0.25, 0.3) is 0 Å². The molecule has 0 spiro atoms. The molecule has 4 nitrogen and oxygen atoms in total. The van der Waals surface area contributed by atoms with Crippen LogP contribution in [0.5, 0.6) is 11.8 Å². The van der Waals surface area contributed by atoms with Crippen molar-refractivity contribution in [2.45, 2.75) is 20.0 Å². The Bertz CT molecular complexity index is 510. The van der Waals surface area contributed by atoms with Gasteiger partial charge in [0.1, 0.15) is 5.75 Å². The largest absolute Gasteiger partial charge is 0.424 e. The van der Waals surface area contributed by atoms with E-state index in [0.717, 1.165) is 12.1 Å². The molecule has 0 radical (unpaired) electrons. The number of ether oxygens (including phenoxy) is 1. The Hall–Kier alpha value is -1.52. The molecule has 0 atom stereocenters. The van der Waals surface area contributed by atoms with E-state index in [0.29, 0.717) is 23.3 Å². The normalized spacial score (nSPS) is 10.5. The van der Waals surface area contributed by atoms with Gasteiger partial charge >= 0.3 is 6.01 Å². The molecule has 0 saturated carbocycles. The van der Waals surface area contributed by atoms with Crippen LogP contribution in [0.25, 0.3) is 0 Å². The van der Waals surface area contributed by atoms with Gasteiger partial charge in [-0.3, -0.25) is 0 Å². The van der Waals surface area contributed by atoms with Crippen LogP contribution in [-0.2, 0) is 13.1 Å². The summed E-state index contributed by atoms with van der Waals surface area (Å²) < 4.78 is 7.55. The minimum Gasteiger partial charge on any atom is -0.424 e. The van der Waals surface area contributed by atoms with E-state index in [1.807, 2.05) is 23.8 Å². The second kappa shape index (κ2) is 5.21. The second-order valence-electron chi connectivity index (χ2n) is 3.57. The number of imidazole rings is 1. The standard InChI is InChI=1S/C12H14ClN3O/c1-2-16-6-5-15-12(16)17-11-4-3-9(8-14)7-10(11)13/h3-7H,2,8,14H2,1H3. The third-order valence-corrected chi connectivity index (χ3v) is 2.75. The molecular formula is C12H14ClN3O. The van der Waals surface area contributed by atoms with Crippen molar-refractivity contribution in [2.75, 3.05) is 0 Å². The molecule has 1 aromatic carbocycles. The first-order valence-electron chi connectivity index (χ1n) is 5.42. The number of hydrogen-bond acceptors (Lipinski definition) is 3. The van der Waals surface area contributed by atoms with Crippen LogP contribution in [0.3, 0.4) is 0 Å². The maximum absolute atomic E-state index is 6.10. The predicted molar refractivity (Wildman–Crippen MR) is 67.3 cm³/mol. The van der Waals surface area contributed by atoms with E-state index in [1.54, 1.807) is 18.3 Å². The van der Waals surface area contributed by atoms with Gasteiger partial charge in [-0.25, -0.2) is 4.98 Å². The molecular weight excluding hydrogens is 238 g/mol. The number of nitrogens with zero attached hydrogens (tertiary/aromatic N) is 2. The van der Waals surface area contributed by atoms with Crippen molar-refractivity contribution in [2.24, 2.45) is 5.73 Å². The molecule has 0 bridgehead atoms. The average molecular weight is 252 g/mol. The highest BCUT2D eigenvalue weighted by molar-refractivity contribution is 6.32. The lowest BCUT2D eigenvalue weighted by Crippen LogP contribution is -1.99. The van der Waals surface area contributed by atoms with E-state index < -0.39 is 0 Å². The lowest BCUT2D eigenvalue weighted by atomic mass is 10.2. The number of rotatable bonds is 4. The van der Waals surface area contributed by atoms with Crippen LogP contribution in [0.15, 0.2) is 30.6 Å². The van der Waals surface area contributed by atoms with Gasteiger partial charge in [0.15, 0.2) is 0 Å². The number of benzene rings is 1. The van der Waals surface area contributed by atoms with Crippen molar-refractivity contribution in [3.05, 3.63) is 41.2 Å². The summed E-state index contributed by atoms with van der Waals surface area (Å²) in [6, 6.07) is 6.03.